The van der Waals surface area contributed by atoms with Crippen LogP contribution < -0.4 is 5.32 Å². The summed E-state index contributed by atoms with van der Waals surface area (Å²) in [6.45, 7) is 0. The maximum Gasteiger partial charge on any atom is 0.239 e. The lowest BCUT2D eigenvalue weighted by molar-refractivity contribution is -0.118. The van der Waals surface area contributed by atoms with Crippen LogP contribution in [0.25, 0.3) is 0 Å². The van der Waals surface area contributed by atoms with Crippen LogP contribution in [0.15, 0.2) is 61.8 Å². The summed E-state index contributed by atoms with van der Waals surface area (Å²) in [6.07, 6.45) is 3.72. The van der Waals surface area contributed by atoms with Gasteiger partial charge in [-0.2, -0.15) is 5.10 Å². The third-order valence-corrected chi connectivity index (χ3v) is 4.59. The average Bonchev–Trinajstić information content (AvgIpc) is 3.12. The summed E-state index contributed by atoms with van der Waals surface area (Å²) in [7, 11) is 0. The Morgan fingerprint density at radius 1 is 1.32 bits per heavy atom. The standard InChI is InChI=1S/C15H12BrN3O2S/c16-11-5-3-10(4-6-11)8-13-14(20)18-15(22-13)19-17-9-12-2-1-7-21-12/h1-7,9,13H,8H2,(H,18,19,20). The van der Waals surface area contributed by atoms with Crippen LogP contribution >= 0.6 is 27.7 Å². The largest absolute Gasteiger partial charge is 0.463 e. The minimum absolute atomic E-state index is 0.0418. The van der Waals surface area contributed by atoms with E-state index in [1.54, 1.807) is 18.4 Å². The first-order valence-corrected chi connectivity index (χ1v) is 8.24. The number of amidine groups is 1. The molecule has 112 valence electrons. The van der Waals surface area contributed by atoms with E-state index in [2.05, 4.69) is 31.4 Å². The number of amides is 1. The summed E-state index contributed by atoms with van der Waals surface area (Å²) in [5.41, 5.74) is 1.11. The zero-order chi connectivity index (χ0) is 15.4. The van der Waals surface area contributed by atoms with Gasteiger partial charge in [-0.3, -0.25) is 4.79 Å². The number of benzene rings is 1. The second kappa shape index (κ2) is 6.93. The summed E-state index contributed by atoms with van der Waals surface area (Å²) in [5.74, 6) is 0.574. The third kappa shape index (κ3) is 3.86. The number of rotatable bonds is 4. The lowest BCUT2D eigenvalue weighted by Crippen LogP contribution is -2.25. The molecule has 1 atom stereocenters. The van der Waals surface area contributed by atoms with Gasteiger partial charge in [-0.1, -0.05) is 39.8 Å². The van der Waals surface area contributed by atoms with Crippen LogP contribution in [0.5, 0.6) is 0 Å². The Hall–Kier alpha value is -1.86. The highest BCUT2D eigenvalue weighted by atomic mass is 79.9. The Labute approximate surface area is 140 Å². The van der Waals surface area contributed by atoms with E-state index < -0.39 is 0 Å². The molecular formula is C15H12BrN3O2S. The van der Waals surface area contributed by atoms with Crippen molar-refractivity contribution in [2.75, 3.05) is 0 Å². The summed E-state index contributed by atoms with van der Waals surface area (Å²) >= 11 is 4.79. The molecule has 1 N–H and O–H groups in total. The minimum atomic E-state index is -0.182. The van der Waals surface area contributed by atoms with Gasteiger partial charge in [0.2, 0.25) is 5.91 Å². The zero-order valence-corrected chi connectivity index (χ0v) is 13.8. The Morgan fingerprint density at radius 3 is 2.86 bits per heavy atom. The van der Waals surface area contributed by atoms with Crippen molar-refractivity contribution < 1.29 is 9.21 Å². The summed E-state index contributed by atoms with van der Waals surface area (Å²) in [5, 5.41) is 11.0. The highest BCUT2D eigenvalue weighted by molar-refractivity contribution is 9.10. The Bertz CT molecular complexity index is 711. The molecule has 0 spiro atoms. The van der Waals surface area contributed by atoms with Gasteiger partial charge in [0.15, 0.2) is 5.17 Å². The van der Waals surface area contributed by atoms with E-state index in [4.69, 9.17) is 4.42 Å². The predicted molar refractivity (Wildman–Crippen MR) is 91.1 cm³/mol. The maximum atomic E-state index is 12.0. The molecule has 1 aromatic heterocycles. The van der Waals surface area contributed by atoms with E-state index in [9.17, 15) is 4.79 Å². The fourth-order valence-electron chi connectivity index (χ4n) is 1.92. The fourth-order valence-corrected chi connectivity index (χ4v) is 3.15. The number of hydrogen-bond acceptors (Lipinski definition) is 5. The monoisotopic (exact) mass is 377 g/mol. The molecule has 0 bridgehead atoms. The van der Waals surface area contributed by atoms with Crippen molar-refractivity contribution >= 4 is 45.0 Å². The molecule has 1 amide bonds. The molecular weight excluding hydrogens is 366 g/mol. The average molecular weight is 378 g/mol. The van der Waals surface area contributed by atoms with Gasteiger partial charge >= 0.3 is 0 Å². The molecule has 1 aliphatic rings. The summed E-state index contributed by atoms with van der Waals surface area (Å²) in [6, 6.07) is 11.5. The number of hydrogen-bond donors (Lipinski definition) is 1. The molecule has 0 radical (unpaired) electrons. The molecule has 0 aliphatic carbocycles. The lowest BCUT2D eigenvalue weighted by Gasteiger charge is -2.05. The van der Waals surface area contributed by atoms with E-state index >= 15 is 0 Å². The molecule has 1 fully saturated rings. The molecule has 0 saturated carbocycles. The first-order valence-electron chi connectivity index (χ1n) is 6.57. The SMILES string of the molecule is O=C1NC(=NN=Cc2ccco2)SC1Cc1ccc(Br)cc1. The van der Waals surface area contributed by atoms with Crippen molar-refractivity contribution in [2.24, 2.45) is 10.2 Å². The molecule has 2 aromatic rings. The van der Waals surface area contributed by atoms with Gasteiger partial charge in [0.1, 0.15) is 5.76 Å². The Balaban J connectivity index is 1.61. The van der Waals surface area contributed by atoms with Gasteiger partial charge in [0.25, 0.3) is 0 Å². The second-order valence-corrected chi connectivity index (χ2v) is 6.70. The van der Waals surface area contributed by atoms with Gasteiger partial charge in [-0.15, -0.1) is 5.10 Å². The molecule has 22 heavy (non-hydrogen) atoms. The minimum Gasteiger partial charge on any atom is -0.463 e. The number of carbonyl (C=O) groups is 1. The van der Waals surface area contributed by atoms with Crippen molar-refractivity contribution in [1.29, 1.82) is 0 Å². The van der Waals surface area contributed by atoms with Crippen molar-refractivity contribution in [3.8, 4) is 0 Å². The fraction of sp³-hybridized carbons (Fsp3) is 0.133. The summed E-state index contributed by atoms with van der Waals surface area (Å²) < 4.78 is 6.14. The molecule has 3 rings (SSSR count). The molecule has 1 aliphatic heterocycles. The Kier molecular flexibility index (Phi) is 4.74. The van der Waals surface area contributed by atoms with E-state index in [0.29, 0.717) is 17.3 Å². The van der Waals surface area contributed by atoms with Crippen molar-refractivity contribution in [2.45, 2.75) is 11.7 Å². The number of nitrogens with zero attached hydrogens (tertiary/aromatic N) is 2. The number of thioether (sulfide) groups is 1. The smallest absolute Gasteiger partial charge is 0.239 e. The number of carbonyl (C=O) groups excluding carboxylic acids is 1. The molecule has 5 nitrogen and oxygen atoms in total. The number of nitrogens with one attached hydrogen (secondary N) is 1. The van der Waals surface area contributed by atoms with Crippen LogP contribution in [-0.2, 0) is 11.2 Å². The highest BCUT2D eigenvalue weighted by Crippen LogP contribution is 2.24. The van der Waals surface area contributed by atoms with Crippen LogP contribution in [0.3, 0.4) is 0 Å². The molecule has 1 aromatic carbocycles. The van der Waals surface area contributed by atoms with Crippen LogP contribution in [0.2, 0.25) is 0 Å². The van der Waals surface area contributed by atoms with Gasteiger partial charge in [-0.25, -0.2) is 0 Å². The van der Waals surface area contributed by atoms with Crippen molar-refractivity contribution in [3.63, 3.8) is 0 Å². The van der Waals surface area contributed by atoms with Gasteiger partial charge < -0.3 is 9.73 Å². The van der Waals surface area contributed by atoms with E-state index in [1.807, 2.05) is 24.3 Å². The maximum absolute atomic E-state index is 12.0. The number of furan rings is 1. The number of halogens is 1. The normalized spacial score (nSPS) is 20.0. The van der Waals surface area contributed by atoms with Gasteiger partial charge in [0.05, 0.1) is 17.7 Å². The Morgan fingerprint density at radius 2 is 2.14 bits per heavy atom. The van der Waals surface area contributed by atoms with Gasteiger partial charge in [0, 0.05) is 4.47 Å². The summed E-state index contributed by atoms with van der Waals surface area (Å²) in [4.78, 5) is 12.0. The van der Waals surface area contributed by atoms with Crippen LogP contribution in [0, 0.1) is 0 Å². The third-order valence-electron chi connectivity index (χ3n) is 2.99. The highest BCUT2D eigenvalue weighted by Gasteiger charge is 2.30. The molecule has 1 unspecified atom stereocenters. The van der Waals surface area contributed by atoms with Gasteiger partial charge in [-0.05, 0) is 36.2 Å². The molecule has 2 heterocycles. The topological polar surface area (TPSA) is 67.0 Å². The molecule has 1 saturated heterocycles. The van der Waals surface area contributed by atoms with E-state index in [0.717, 1.165) is 10.0 Å². The first kappa shape index (κ1) is 15.1. The van der Waals surface area contributed by atoms with Crippen LogP contribution in [0.4, 0.5) is 0 Å². The van der Waals surface area contributed by atoms with E-state index in [1.165, 1.54) is 18.0 Å². The first-order chi connectivity index (χ1) is 10.7. The predicted octanol–water partition coefficient (Wildman–Crippen LogP) is 3.21. The van der Waals surface area contributed by atoms with Crippen LogP contribution in [0.1, 0.15) is 11.3 Å². The second-order valence-electron chi connectivity index (χ2n) is 4.59. The lowest BCUT2D eigenvalue weighted by atomic mass is 10.1. The van der Waals surface area contributed by atoms with Crippen molar-refractivity contribution in [3.05, 3.63) is 58.5 Å². The quantitative estimate of drug-likeness (QED) is 0.656. The molecule has 7 heteroatoms. The van der Waals surface area contributed by atoms with E-state index in [-0.39, 0.29) is 11.2 Å². The van der Waals surface area contributed by atoms with Crippen molar-refractivity contribution in [1.82, 2.24) is 5.32 Å². The van der Waals surface area contributed by atoms with Crippen LogP contribution in [-0.4, -0.2) is 22.5 Å². The zero-order valence-electron chi connectivity index (χ0n) is 11.4.